The molecule has 2 aromatic rings. The molecule has 0 aromatic heterocycles. The second-order valence-electron chi connectivity index (χ2n) is 5.74. The normalized spacial score (nSPS) is 11.7. The van der Waals surface area contributed by atoms with Gasteiger partial charge in [-0.25, -0.2) is 9.38 Å². The topological polar surface area (TPSA) is 69.4 Å². The van der Waals surface area contributed by atoms with Gasteiger partial charge in [-0.3, -0.25) is 0 Å². The zero-order valence-corrected chi connectivity index (χ0v) is 17.7. The van der Waals surface area contributed by atoms with Gasteiger partial charge in [-0.1, -0.05) is 24.3 Å². The molecular formula is C20H24FIN4O. The molecule has 0 radical (unpaired) electrons. The number of halogens is 2. The number of guanidine groups is 1. The van der Waals surface area contributed by atoms with E-state index in [2.05, 4.69) is 21.7 Å². The summed E-state index contributed by atoms with van der Waals surface area (Å²) in [4.78, 5) is 4.52. The molecule has 0 bridgehead atoms. The van der Waals surface area contributed by atoms with Crippen molar-refractivity contribution in [1.82, 2.24) is 10.6 Å². The van der Waals surface area contributed by atoms with Crippen LogP contribution in [0.2, 0.25) is 0 Å². The van der Waals surface area contributed by atoms with Crippen LogP contribution in [-0.4, -0.2) is 25.2 Å². The van der Waals surface area contributed by atoms with Crippen LogP contribution in [0.5, 0.6) is 5.75 Å². The standard InChI is InChI=1S/C20H23FN4O.HI/c1-3-23-20(25-14-17-10-8-16(12-22)9-11-17)24-13-15(2)26-19-7-5-4-6-18(19)21;/h4-11,15H,3,13-14H2,1-2H3,(H2,23,24,25);1H. The molecule has 7 heteroatoms. The largest absolute Gasteiger partial charge is 0.486 e. The summed E-state index contributed by atoms with van der Waals surface area (Å²) in [6, 6.07) is 15.8. The third kappa shape index (κ3) is 7.83. The van der Waals surface area contributed by atoms with Crippen molar-refractivity contribution in [3.8, 4) is 11.8 Å². The Morgan fingerprint density at radius 3 is 2.52 bits per heavy atom. The number of benzene rings is 2. The lowest BCUT2D eigenvalue weighted by molar-refractivity contribution is 0.214. The highest BCUT2D eigenvalue weighted by molar-refractivity contribution is 14.0. The van der Waals surface area contributed by atoms with Gasteiger partial charge < -0.3 is 15.4 Å². The van der Waals surface area contributed by atoms with Gasteiger partial charge in [-0.2, -0.15) is 5.26 Å². The summed E-state index contributed by atoms with van der Waals surface area (Å²) in [5.74, 6) is 0.517. The average molecular weight is 482 g/mol. The summed E-state index contributed by atoms with van der Waals surface area (Å²) in [5.41, 5.74) is 1.64. The minimum atomic E-state index is -0.374. The monoisotopic (exact) mass is 482 g/mol. The molecule has 2 N–H and O–H groups in total. The van der Waals surface area contributed by atoms with Crippen LogP contribution >= 0.6 is 24.0 Å². The predicted octanol–water partition coefficient (Wildman–Crippen LogP) is 3.84. The summed E-state index contributed by atoms with van der Waals surface area (Å²) in [6.45, 7) is 5.54. The minimum absolute atomic E-state index is 0. The Kier molecular flexibility index (Phi) is 10.2. The van der Waals surface area contributed by atoms with Crippen molar-refractivity contribution in [2.45, 2.75) is 26.5 Å². The lowest BCUT2D eigenvalue weighted by atomic mass is 10.1. The first-order valence-electron chi connectivity index (χ1n) is 8.54. The van der Waals surface area contributed by atoms with E-state index in [-0.39, 0.29) is 41.6 Å². The summed E-state index contributed by atoms with van der Waals surface area (Å²) in [5, 5.41) is 15.2. The van der Waals surface area contributed by atoms with E-state index in [0.717, 1.165) is 12.1 Å². The van der Waals surface area contributed by atoms with E-state index in [9.17, 15) is 4.39 Å². The molecule has 0 amide bonds. The second-order valence-corrected chi connectivity index (χ2v) is 5.74. The Morgan fingerprint density at radius 1 is 1.19 bits per heavy atom. The molecule has 0 aliphatic carbocycles. The van der Waals surface area contributed by atoms with Crippen molar-refractivity contribution in [3.05, 3.63) is 65.5 Å². The fourth-order valence-corrected chi connectivity index (χ4v) is 2.24. The quantitative estimate of drug-likeness (QED) is 0.358. The van der Waals surface area contributed by atoms with Crippen LogP contribution in [0.25, 0.3) is 0 Å². The zero-order chi connectivity index (χ0) is 18.8. The van der Waals surface area contributed by atoms with Gasteiger partial charge in [0.2, 0.25) is 0 Å². The molecule has 0 saturated heterocycles. The Labute approximate surface area is 176 Å². The number of hydrogen-bond donors (Lipinski definition) is 2. The van der Waals surface area contributed by atoms with E-state index in [1.807, 2.05) is 26.0 Å². The predicted molar refractivity (Wildman–Crippen MR) is 116 cm³/mol. The maximum absolute atomic E-state index is 13.6. The van der Waals surface area contributed by atoms with Gasteiger partial charge >= 0.3 is 0 Å². The lowest BCUT2D eigenvalue weighted by Gasteiger charge is -2.18. The Bertz CT molecular complexity index is 774. The molecule has 0 aliphatic heterocycles. The van der Waals surface area contributed by atoms with Crippen LogP contribution < -0.4 is 15.4 Å². The maximum Gasteiger partial charge on any atom is 0.191 e. The Hall–Kier alpha value is -2.34. The van der Waals surface area contributed by atoms with E-state index in [1.165, 1.54) is 6.07 Å². The number of para-hydroxylation sites is 1. The van der Waals surface area contributed by atoms with Crippen molar-refractivity contribution in [3.63, 3.8) is 0 Å². The highest BCUT2D eigenvalue weighted by atomic mass is 127. The smallest absolute Gasteiger partial charge is 0.191 e. The highest BCUT2D eigenvalue weighted by Crippen LogP contribution is 2.16. The lowest BCUT2D eigenvalue weighted by Crippen LogP contribution is -2.41. The molecular weight excluding hydrogens is 458 g/mol. The molecule has 0 fully saturated rings. The first-order chi connectivity index (χ1) is 12.6. The first kappa shape index (κ1) is 22.7. The van der Waals surface area contributed by atoms with Crippen LogP contribution in [0.1, 0.15) is 25.0 Å². The number of ether oxygens (including phenoxy) is 1. The van der Waals surface area contributed by atoms with Crippen LogP contribution in [0, 0.1) is 17.1 Å². The molecule has 1 unspecified atom stereocenters. The number of nitriles is 1. The maximum atomic E-state index is 13.6. The van der Waals surface area contributed by atoms with Crippen LogP contribution in [0.15, 0.2) is 53.5 Å². The SMILES string of the molecule is CCNC(=NCc1ccc(C#N)cc1)NCC(C)Oc1ccccc1F.I. The number of nitrogens with one attached hydrogen (secondary N) is 2. The van der Waals surface area contributed by atoms with Crippen molar-refractivity contribution in [2.24, 2.45) is 4.99 Å². The summed E-state index contributed by atoms with van der Waals surface area (Å²) < 4.78 is 19.2. The Balaban J connectivity index is 0.00000364. The number of rotatable bonds is 7. The summed E-state index contributed by atoms with van der Waals surface area (Å²) in [7, 11) is 0. The van der Waals surface area contributed by atoms with Crippen molar-refractivity contribution >= 4 is 29.9 Å². The van der Waals surface area contributed by atoms with E-state index < -0.39 is 0 Å². The van der Waals surface area contributed by atoms with E-state index in [4.69, 9.17) is 10.00 Å². The van der Waals surface area contributed by atoms with Gasteiger partial charge in [-0.15, -0.1) is 24.0 Å². The fourth-order valence-electron chi connectivity index (χ4n) is 2.24. The van der Waals surface area contributed by atoms with Crippen LogP contribution in [0.4, 0.5) is 4.39 Å². The van der Waals surface area contributed by atoms with E-state index in [1.54, 1.807) is 30.3 Å². The highest BCUT2D eigenvalue weighted by Gasteiger charge is 2.08. The number of nitrogens with zero attached hydrogens (tertiary/aromatic N) is 2. The molecule has 1 atom stereocenters. The van der Waals surface area contributed by atoms with E-state index >= 15 is 0 Å². The Morgan fingerprint density at radius 2 is 1.89 bits per heavy atom. The third-order valence-corrected chi connectivity index (χ3v) is 3.57. The zero-order valence-electron chi connectivity index (χ0n) is 15.4. The first-order valence-corrected chi connectivity index (χ1v) is 8.54. The van der Waals surface area contributed by atoms with Crippen molar-refractivity contribution in [1.29, 1.82) is 5.26 Å². The molecule has 27 heavy (non-hydrogen) atoms. The minimum Gasteiger partial charge on any atom is -0.486 e. The van der Waals surface area contributed by atoms with Gasteiger partial charge in [0, 0.05) is 6.54 Å². The van der Waals surface area contributed by atoms with Crippen LogP contribution in [0.3, 0.4) is 0 Å². The number of hydrogen-bond acceptors (Lipinski definition) is 3. The van der Waals surface area contributed by atoms with Gasteiger partial charge in [0.25, 0.3) is 0 Å². The third-order valence-electron chi connectivity index (χ3n) is 3.57. The van der Waals surface area contributed by atoms with Crippen molar-refractivity contribution in [2.75, 3.05) is 13.1 Å². The molecule has 0 aliphatic rings. The van der Waals surface area contributed by atoms with Gasteiger partial charge in [0.15, 0.2) is 17.5 Å². The molecule has 0 spiro atoms. The van der Waals surface area contributed by atoms with Gasteiger partial charge in [0.1, 0.15) is 6.10 Å². The van der Waals surface area contributed by atoms with Crippen molar-refractivity contribution < 1.29 is 9.13 Å². The molecule has 0 saturated carbocycles. The average Bonchev–Trinajstić information content (AvgIpc) is 2.66. The molecule has 144 valence electrons. The van der Waals surface area contributed by atoms with Crippen LogP contribution in [-0.2, 0) is 6.54 Å². The summed E-state index contributed by atoms with van der Waals surface area (Å²) in [6.07, 6.45) is -0.231. The van der Waals surface area contributed by atoms with E-state index in [0.29, 0.717) is 24.6 Å². The fraction of sp³-hybridized carbons (Fsp3) is 0.300. The molecule has 5 nitrogen and oxygen atoms in total. The number of aliphatic imine (C=N–C) groups is 1. The van der Waals surface area contributed by atoms with Gasteiger partial charge in [0.05, 0.1) is 24.7 Å². The van der Waals surface area contributed by atoms with Gasteiger partial charge in [-0.05, 0) is 43.7 Å². The molecule has 2 rings (SSSR count). The second kappa shape index (κ2) is 12.1. The molecule has 0 heterocycles. The summed E-state index contributed by atoms with van der Waals surface area (Å²) >= 11 is 0. The molecule has 2 aromatic carbocycles.